The van der Waals surface area contributed by atoms with E-state index in [2.05, 4.69) is 11.9 Å². The Bertz CT molecular complexity index is 800. The van der Waals surface area contributed by atoms with Gasteiger partial charge in [0.1, 0.15) is 24.2 Å². The second-order valence-electron chi connectivity index (χ2n) is 4.52. The molecule has 0 saturated carbocycles. The van der Waals surface area contributed by atoms with Crippen molar-refractivity contribution in [3.63, 3.8) is 0 Å². The largest absolute Gasteiger partial charge is 0.487 e. The number of nitriles is 1. The van der Waals surface area contributed by atoms with Crippen molar-refractivity contribution >= 4 is 23.2 Å². The molecule has 2 aromatic carbocycles. The molecule has 0 saturated heterocycles. The van der Waals surface area contributed by atoms with E-state index in [0.717, 1.165) is 6.08 Å². The van der Waals surface area contributed by atoms with Crippen LogP contribution in [0.1, 0.15) is 11.1 Å². The van der Waals surface area contributed by atoms with Crippen molar-refractivity contribution < 1.29 is 13.9 Å². The second kappa shape index (κ2) is 7.43. The Morgan fingerprint density at radius 3 is 2.91 bits per heavy atom. The van der Waals surface area contributed by atoms with Crippen molar-refractivity contribution in [3.05, 3.63) is 71.0 Å². The van der Waals surface area contributed by atoms with Crippen molar-refractivity contribution in [2.75, 3.05) is 5.32 Å². The molecule has 1 N–H and O–H groups in total. The summed E-state index contributed by atoms with van der Waals surface area (Å²) in [6.45, 7) is 3.37. The highest BCUT2D eigenvalue weighted by Crippen LogP contribution is 2.25. The molecule has 0 aliphatic rings. The minimum atomic E-state index is -0.532. The lowest BCUT2D eigenvalue weighted by Gasteiger charge is -2.11. The van der Waals surface area contributed by atoms with Crippen molar-refractivity contribution in [2.45, 2.75) is 6.61 Å². The third kappa shape index (κ3) is 4.09. The van der Waals surface area contributed by atoms with Gasteiger partial charge in [-0.1, -0.05) is 30.3 Å². The molecule has 0 radical (unpaired) electrons. The van der Waals surface area contributed by atoms with E-state index in [-0.39, 0.29) is 23.1 Å². The van der Waals surface area contributed by atoms with Gasteiger partial charge in [0.15, 0.2) is 0 Å². The van der Waals surface area contributed by atoms with Gasteiger partial charge in [0.05, 0.1) is 10.6 Å². The Labute approximate surface area is 137 Å². The minimum Gasteiger partial charge on any atom is -0.487 e. The number of nitrogens with zero attached hydrogens (tertiary/aromatic N) is 1. The molecule has 2 rings (SSSR count). The summed E-state index contributed by atoms with van der Waals surface area (Å²) in [6, 6.07) is 11.0. The lowest BCUT2D eigenvalue weighted by atomic mass is 10.2. The summed E-state index contributed by atoms with van der Waals surface area (Å²) >= 11 is 5.85. The van der Waals surface area contributed by atoms with E-state index in [4.69, 9.17) is 16.3 Å². The zero-order valence-electron chi connectivity index (χ0n) is 12.0. The van der Waals surface area contributed by atoms with Crippen LogP contribution in [0.3, 0.4) is 0 Å². The molecule has 6 heteroatoms. The molecule has 0 spiro atoms. The quantitative estimate of drug-likeness (QED) is 0.841. The Balaban J connectivity index is 2.17. The molecule has 116 valence electrons. The van der Waals surface area contributed by atoms with Gasteiger partial charge in [-0.15, -0.1) is 0 Å². The third-order valence-corrected chi connectivity index (χ3v) is 3.39. The van der Waals surface area contributed by atoms with Crippen molar-refractivity contribution in [1.82, 2.24) is 0 Å². The fraction of sp³-hybridized carbons (Fsp3) is 0.0588. The molecule has 23 heavy (non-hydrogen) atoms. The lowest BCUT2D eigenvalue weighted by Crippen LogP contribution is -2.07. The molecule has 0 aromatic heterocycles. The Hall–Kier alpha value is -2.84. The number of benzene rings is 2. The summed E-state index contributed by atoms with van der Waals surface area (Å²) in [5.41, 5.74) is 1.15. The summed E-state index contributed by atoms with van der Waals surface area (Å²) in [4.78, 5) is 11.3. The molecule has 1 amide bonds. The van der Waals surface area contributed by atoms with Crippen LogP contribution in [0.5, 0.6) is 5.75 Å². The van der Waals surface area contributed by atoms with Crippen LogP contribution in [-0.2, 0) is 11.4 Å². The van der Waals surface area contributed by atoms with Gasteiger partial charge in [-0.25, -0.2) is 4.39 Å². The molecule has 0 fully saturated rings. The third-order valence-electron chi connectivity index (χ3n) is 2.97. The minimum absolute atomic E-state index is 0.0131. The van der Waals surface area contributed by atoms with Crippen LogP contribution in [-0.4, -0.2) is 5.91 Å². The first kappa shape index (κ1) is 16.5. The molecular formula is C17H12ClFN2O2. The topological polar surface area (TPSA) is 62.1 Å². The summed E-state index contributed by atoms with van der Waals surface area (Å²) in [6.07, 6.45) is 1.13. The summed E-state index contributed by atoms with van der Waals surface area (Å²) in [5, 5.41) is 11.7. The van der Waals surface area contributed by atoms with E-state index in [1.165, 1.54) is 18.2 Å². The number of ether oxygens (including phenoxy) is 1. The van der Waals surface area contributed by atoms with E-state index in [0.29, 0.717) is 17.0 Å². The van der Waals surface area contributed by atoms with Crippen LogP contribution in [0.25, 0.3) is 0 Å². The number of carbonyl (C=O) groups is 1. The molecule has 0 heterocycles. The highest BCUT2D eigenvalue weighted by Gasteiger charge is 2.09. The van der Waals surface area contributed by atoms with Crippen molar-refractivity contribution in [2.24, 2.45) is 0 Å². The molecule has 4 nitrogen and oxygen atoms in total. The van der Waals surface area contributed by atoms with Gasteiger partial charge in [0.25, 0.3) is 0 Å². The number of hydrogen-bond donors (Lipinski definition) is 1. The smallest absolute Gasteiger partial charge is 0.247 e. The maximum absolute atomic E-state index is 13.4. The van der Waals surface area contributed by atoms with Gasteiger partial charge in [0.2, 0.25) is 5.91 Å². The molecule has 2 aromatic rings. The van der Waals surface area contributed by atoms with E-state index >= 15 is 0 Å². The number of rotatable bonds is 5. The lowest BCUT2D eigenvalue weighted by molar-refractivity contribution is -0.111. The monoisotopic (exact) mass is 330 g/mol. The summed E-state index contributed by atoms with van der Waals surface area (Å²) < 4.78 is 18.9. The van der Waals surface area contributed by atoms with Gasteiger partial charge in [-0.05, 0) is 30.3 Å². The van der Waals surface area contributed by atoms with Gasteiger partial charge in [-0.2, -0.15) is 5.26 Å². The first-order chi connectivity index (χ1) is 11.0. The van der Waals surface area contributed by atoms with Crippen LogP contribution in [0.2, 0.25) is 5.02 Å². The van der Waals surface area contributed by atoms with E-state index in [1.807, 2.05) is 6.07 Å². The Morgan fingerprint density at radius 1 is 1.43 bits per heavy atom. The van der Waals surface area contributed by atoms with Gasteiger partial charge in [0, 0.05) is 11.3 Å². The highest BCUT2D eigenvalue weighted by molar-refractivity contribution is 6.31. The zero-order valence-corrected chi connectivity index (χ0v) is 12.7. The standard InChI is InChI=1S/C17H12ClFN2O2/c1-2-16(22)21-13-6-7-15(12(8-13)9-20)23-10-11-4-3-5-14(19)17(11)18/h2-8H,1,10H2,(H,21,22). The molecular weight excluding hydrogens is 319 g/mol. The molecule has 0 bridgehead atoms. The van der Waals surface area contributed by atoms with Crippen molar-refractivity contribution in [3.8, 4) is 11.8 Å². The van der Waals surface area contributed by atoms with Crippen LogP contribution in [0.15, 0.2) is 49.1 Å². The van der Waals surface area contributed by atoms with Crippen LogP contribution in [0.4, 0.5) is 10.1 Å². The maximum Gasteiger partial charge on any atom is 0.247 e. The Morgan fingerprint density at radius 2 is 2.22 bits per heavy atom. The Kier molecular flexibility index (Phi) is 5.34. The molecule has 0 unspecified atom stereocenters. The average Bonchev–Trinajstić information content (AvgIpc) is 2.56. The van der Waals surface area contributed by atoms with Gasteiger partial charge < -0.3 is 10.1 Å². The maximum atomic E-state index is 13.4. The van der Waals surface area contributed by atoms with Crippen LogP contribution in [0, 0.1) is 17.1 Å². The number of anilines is 1. The van der Waals surface area contributed by atoms with Gasteiger partial charge in [-0.3, -0.25) is 4.79 Å². The van der Waals surface area contributed by atoms with E-state index in [9.17, 15) is 14.4 Å². The van der Waals surface area contributed by atoms with Crippen molar-refractivity contribution in [1.29, 1.82) is 5.26 Å². The summed E-state index contributed by atoms with van der Waals surface area (Å²) in [5.74, 6) is -0.603. The normalized spacial score (nSPS) is 9.78. The number of halogens is 2. The van der Waals surface area contributed by atoms with Crippen LogP contribution < -0.4 is 10.1 Å². The molecule has 0 atom stereocenters. The molecule has 0 aliphatic heterocycles. The molecule has 0 aliphatic carbocycles. The number of nitrogens with one attached hydrogen (secondary N) is 1. The van der Waals surface area contributed by atoms with Crippen LogP contribution >= 0.6 is 11.6 Å². The average molecular weight is 331 g/mol. The predicted molar refractivity (Wildman–Crippen MR) is 85.7 cm³/mol. The number of amides is 1. The fourth-order valence-electron chi connectivity index (χ4n) is 1.83. The predicted octanol–water partition coefficient (Wildman–Crippen LogP) is 4.05. The SMILES string of the molecule is C=CC(=O)Nc1ccc(OCc2cccc(F)c2Cl)c(C#N)c1. The zero-order chi connectivity index (χ0) is 16.8. The summed E-state index contributed by atoms with van der Waals surface area (Å²) in [7, 11) is 0. The number of carbonyl (C=O) groups excluding carboxylic acids is 1. The fourth-order valence-corrected chi connectivity index (χ4v) is 2.01. The van der Waals surface area contributed by atoms with Gasteiger partial charge >= 0.3 is 0 Å². The van der Waals surface area contributed by atoms with E-state index < -0.39 is 5.82 Å². The second-order valence-corrected chi connectivity index (χ2v) is 4.90. The van der Waals surface area contributed by atoms with E-state index in [1.54, 1.807) is 18.2 Å². The first-order valence-electron chi connectivity index (χ1n) is 6.58. The number of hydrogen-bond acceptors (Lipinski definition) is 3. The first-order valence-corrected chi connectivity index (χ1v) is 6.96. The highest BCUT2D eigenvalue weighted by atomic mass is 35.5.